The lowest BCUT2D eigenvalue weighted by molar-refractivity contribution is 0.0903. The Hall–Kier alpha value is -2.93. The highest BCUT2D eigenvalue weighted by Gasteiger charge is 2.37. The fourth-order valence-electron chi connectivity index (χ4n) is 2.20. The molecule has 26 heavy (non-hydrogen) atoms. The predicted molar refractivity (Wildman–Crippen MR) is 82.9 cm³/mol. The van der Waals surface area contributed by atoms with Crippen LogP contribution < -0.4 is 10.3 Å². The van der Waals surface area contributed by atoms with Gasteiger partial charge in [0.25, 0.3) is 0 Å². The summed E-state index contributed by atoms with van der Waals surface area (Å²) in [7, 11) is 0. The van der Waals surface area contributed by atoms with Gasteiger partial charge in [-0.25, -0.2) is 14.4 Å². The summed E-state index contributed by atoms with van der Waals surface area (Å²) in [5.74, 6) is -3.03. The van der Waals surface area contributed by atoms with Gasteiger partial charge in [0, 0.05) is 19.3 Å². The Morgan fingerprint density at radius 2 is 1.69 bits per heavy atom. The molecule has 0 radical (unpaired) electrons. The number of hydrogen-bond donors (Lipinski definition) is 4. The maximum Gasteiger partial charge on any atom is 0.437 e. The number of anilines is 2. The van der Waals surface area contributed by atoms with Gasteiger partial charge in [-0.15, -0.1) is 10.0 Å². The molecule has 3 amide bonds. The summed E-state index contributed by atoms with van der Waals surface area (Å²) < 4.78 is 19.9. The fraction of sp³-hybridized carbons (Fsp3) is 0.417. The second-order valence-electron chi connectivity index (χ2n) is 4.98. The monoisotopic (exact) mass is 393 g/mol. The summed E-state index contributed by atoms with van der Waals surface area (Å²) in [6.45, 7) is 0.829. The molecule has 0 aromatic carbocycles. The summed E-state index contributed by atoms with van der Waals surface area (Å²) in [5.41, 5.74) is 0. The van der Waals surface area contributed by atoms with Gasteiger partial charge in [-0.05, 0) is 24.4 Å². The van der Waals surface area contributed by atoms with Crippen molar-refractivity contribution in [3.8, 4) is 0 Å². The SMILES string of the molecule is O=C(O)N(C(=O)O)N(C(=O)O)c1nc(Cl)nc(NC2CCOCC2)c1F. The molecule has 0 aliphatic carbocycles. The lowest BCUT2D eigenvalue weighted by Crippen LogP contribution is -2.52. The molecule has 2 heterocycles. The number of carboxylic acid groups (broad SMARTS) is 3. The van der Waals surface area contributed by atoms with E-state index in [1.54, 1.807) is 0 Å². The first-order chi connectivity index (χ1) is 12.2. The van der Waals surface area contributed by atoms with Gasteiger partial charge in [-0.1, -0.05) is 0 Å². The second-order valence-corrected chi connectivity index (χ2v) is 5.32. The van der Waals surface area contributed by atoms with E-state index in [0.29, 0.717) is 26.1 Å². The second kappa shape index (κ2) is 7.97. The van der Waals surface area contributed by atoms with Crippen LogP contribution in [0.2, 0.25) is 5.28 Å². The molecule has 14 heteroatoms. The molecule has 0 saturated carbocycles. The Morgan fingerprint density at radius 3 is 2.19 bits per heavy atom. The molecule has 1 saturated heterocycles. The van der Waals surface area contributed by atoms with E-state index in [-0.39, 0.29) is 6.04 Å². The maximum atomic E-state index is 14.7. The summed E-state index contributed by atoms with van der Waals surface area (Å²) in [6.07, 6.45) is -5.47. The zero-order chi connectivity index (χ0) is 19.4. The highest BCUT2D eigenvalue weighted by atomic mass is 35.5. The minimum absolute atomic E-state index is 0.259. The van der Waals surface area contributed by atoms with Crippen LogP contribution in [0.15, 0.2) is 0 Å². The molecule has 0 atom stereocenters. The first-order valence-electron chi connectivity index (χ1n) is 7.08. The summed E-state index contributed by atoms with van der Waals surface area (Å²) in [5, 5.41) is 28.1. The number of aromatic nitrogens is 2. The minimum atomic E-state index is -2.19. The van der Waals surface area contributed by atoms with Crippen molar-refractivity contribution in [3.63, 3.8) is 0 Å². The van der Waals surface area contributed by atoms with Gasteiger partial charge < -0.3 is 25.4 Å². The summed E-state index contributed by atoms with van der Waals surface area (Å²) in [6, 6.07) is -0.259. The highest BCUT2D eigenvalue weighted by molar-refractivity contribution is 6.28. The largest absolute Gasteiger partial charge is 0.463 e. The molecule has 0 bridgehead atoms. The number of ether oxygens (including phenoxy) is 1. The van der Waals surface area contributed by atoms with Crippen LogP contribution in [0.5, 0.6) is 0 Å². The van der Waals surface area contributed by atoms with Crippen LogP contribution in [0.3, 0.4) is 0 Å². The number of amides is 3. The van der Waals surface area contributed by atoms with Gasteiger partial charge in [0.1, 0.15) is 0 Å². The van der Waals surface area contributed by atoms with Crippen molar-refractivity contribution in [3.05, 3.63) is 11.1 Å². The van der Waals surface area contributed by atoms with Crippen molar-refractivity contribution in [2.45, 2.75) is 18.9 Å². The van der Waals surface area contributed by atoms with Crippen molar-refractivity contribution in [1.29, 1.82) is 0 Å². The Morgan fingerprint density at radius 1 is 1.12 bits per heavy atom. The maximum absolute atomic E-state index is 14.7. The number of imide groups is 1. The zero-order valence-electron chi connectivity index (χ0n) is 12.9. The van der Waals surface area contributed by atoms with E-state index in [4.69, 9.17) is 26.6 Å². The van der Waals surface area contributed by atoms with Gasteiger partial charge in [0.05, 0.1) is 0 Å². The van der Waals surface area contributed by atoms with E-state index < -0.39 is 51.0 Å². The van der Waals surface area contributed by atoms with Crippen LogP contribution >= 0.6 is 11.6 Å². The third-order valence-corrected chi connectivity index (χ3v) is 3.48. The molecule has 0 spiro atoms. The molecule has 12 nitrogen and oxygen atoms in total. The van der Waals surface area contributed by atoms with Crippen molar-refractivity contribution >= 4 is 41.5 Å². The van der Waals surface area contributed by atoms with Crippen molar-refractivity contribution in [2.24, 2.45) is 0 Å². The minimum Gasteiger partial charge on any atom is -0.463 e. The average Bonchev–Trinajstić information content (AvgIpc) is 2.55. The zero-order valence-corrected chi connectivity index (χ0v) is 13.7. The van der Waals surface area contributed by atoms with Crippen LogP contribution in [0.4, 0.5) is 30.4 Å². The van der Waals surface area contributed by atoms with Gasteiger partial charge in [0.15, 0.2) is 5.82 Å². The number of nitrogens with zero attached hydrogens (tertiary/aromatic N) is 4. The van der Waals surface area contributed by atoms with E-state index in [2.05, 4.69) is 15.3 Å². The normalized spacial score (nSPS) is 14.5. The Balaban J connectivity index is 2.47. The van der Waals surface area contributed by atoms with Crippen molar-refractivity contribution in [2.75, 3.05) is 23.5 Å². The van der Waals surface area contributed by atoms with Crippen LogP contribution in [0.1, 0.15) is 12.8 Å². The van der Waals surface area contributed by atoms with Crippen molar-refractivity contribution < 1.29 is 38.8 Å². The predicted octanol–water partition coefficient (Wildman–Crippen LogP) is 1.92. The topological polar surface area (TPSA) is 165 Å². The number of carbonyl (C=O) groups is 3. The molecule has 1 fully saturated rings. The molecular weight excluding hydrogens is 381 g/mol. The molecule has 2 rings (SSSR count). The first kappa shape index (κ1) is 19.4. The molecule has 1 aromatic heterocycles. The standard InChI is InChI=1S/C12H13ClFN5O7/c13-9-16-7(15-5-1-3-26-4-2-5)6(14)8(17-9)18(10(20)21)19(11(22)23)12(24)25/h5H,1-4H2,(H,20,21)(H,22,23)(H,24,25)(H,15,16,17). The average molecular weight is 394 g/mol. The Kier molecular flexibility index (Phi) is 5.94. The lowest BCUT2D eigenvalue weighted by Gasteiger charge is -2.27. The third kappa shape index (κ3) is 4.18. The van der Waals surface area contributed by atoms with Gasteiger partial charge in [-0.3, -0.25) is 0 Å². The van der Waals surface area contributed by atoms with Gasteiger partial charge in [0.2, 0.25) is 16.9 Å². The number of hydrazine groups is 1. The van der Waals surface area contributed by atoms with E-state index in [0.717, 1.165) is 0 Å². The van der Waals surface area contributed by atoms with E-state index in [1.807, 2.05) is 0 Å². The molecular formula is C12H13ClFN5O7. The molecule has 1 aliphatic rings. The van der Waals surface area contributed by atoms with Gasteiger partial charge >= 0.3 is 18.3 Å². The van der Waals surface area contributed by atoms with Crippen LogP contribution in [0.25, 0.3) is 0 Å². The molecule has 1 aliphatic heterocycles. The van der Waals surface area contributed by atoms with Crippen LogP contribution in [-0.2, 0) is 4.74 Å². The Bertz CT molecular complexity index is 716. The Labute approximate surface area is 149 Å². The van der Waals surface area contributed by atoms with E-state index >= 15 is 0 Å². The van der Waals surface area contributed by atoms with Crippen LogP contribution in [0, 0.1) is 5.82 Å². The summed E-state index contributed by atoms with van der Waals surface area (Å²) in [4.78, 5) is 40.4. The number of rotatable bonds is 3. The summed E-state index contributed by atoms with van der Waals surface area (Å²) >= 11 is 5.67. The quantitative estimate of drug-likeness (QED) is 0.440. The number of hydrogen-bond acceptors (Lipinski definition) is 7. The van der Waals surface area contributed by atoms with Crippen molar-refractivity contribution in [1.82, 2.24) is 15.0 Å². The highest BCUT2D eigenvalue weighted by Crippen LogP contribution is 2.27. The smallest absolute Gasteiger partial charge is 0.437 e. The molecule has 142 valence electrons. The first-order valence-corrected chi connectivity index (χ1v) is 7.46. The number of halogens is 2. The van der Waals surface area contributed by atoms with Gasteiger partial charge in [-0.2, -0.15) is 14.4 Å². The molecule has 1 aromatic rings. The number of nitrogens with one attached hydrogen (secondary N) is 1. The molecule has 0 unspecified atom stereocenters. The lowest BCUT2D eigenvalue weighted by atomic mass is 10.1. The fourth-order valence-corrected chi connectivity index (χ4v) is 2.37. The van der Waals surface area contributed by atoms with E-state index in [1.165, 1.54) is 0 Å². The van der Waals surface area contributed by atoms with E-state index in [9.17, 15) is 23.9 Å². The van der Waals surface area contributed by atoms with Crippen LogP contribution in [-0.4, -0.2) is 67.8 Å². The third-order valence-electron chi connectivity index (χ3n) is 3.31. The molecule has 4 N–H and O–H groups in total.